The molecule has 1 heterocycles. The zero-order chi connectivity index (χ0) is 14.0. The fourth-order valence-electron chi connectivity index (χ4n) is 2.09. The number of nitrogens with one attached hydrogen (secondary N) is 1. The number of aromatic nitrogens is 2. The minimum Gasteiger partial charge on any atom is -0.308 e. The largest absolute Gasteiger partial charge is 0.308 e. The number of hydrogen-bond donors (Lipinski definition) is 1. The van der Waals surface area contributed by atoms with Gasteiger partial charge in [-0.25, -0.2) is 4.39 Å². The molecule has 1 aromatic heterocycles. The van der Waals surface area contributed by atoms with Crippen LogP contribution in [0.15, 0.2) is 33.3 Å². The fraction of sp³-hybridized carbons (Fsp3) is 0.308. The molecule has 0 fully saturated rings. The average Bonchev–Trinajstić information content (AvgIpc) is 2.77. The molecule has 102 valence electrons. The average molecular weight is 391 g/mol. The van der Waals surface area contributed by atoms with Crippen LogP contribution in [-0.4, -0.2) is 16.8 Å². The van der Waals surface area contributed by atoms with E-state index >= 15 is 0 Å². The first kappa shape index (κ1) is 14.7. The summed E-state index contributed by atoms with van der Waals surface area (Å²) >= 11 is 6.71. The van der Waals surface area contributed by atoms with Gasteiger partial charge >= 0.3 is 0 Å². The molecule has 1 atom stereocenters. The molecule has 2 rings (SSSR count). The van der Waals surface area contributed by atoms with Gasteiger partial charge in [-0.3, -0.25) is 4.68 Å². The van der Waals surface area contributed by atoms with Crippen LogP contribution in [0.25, 0.3) is 0 Å². The maximum absolute atomic E-state index is 14.3. The Bertz CT molecular complexity index is 583. The molecular formula is C13H14Br2FN3. The summed E-state index contributed by atoms with van der Waals surface area (Å²) in [7, 11) is 1.81. The molecule has 2 aromatic rings. The summed E-state index contributed by atoms with van der Waals surface area (Å²) in [5.74, 6) is -0.252. The van der Waals surface area contributed by atoms with Gasteiger partial charge in [-0.05, 0) is 51.9 Å². The topological polar surface area (TPSA) is 29.9 Å². The van der Waals surface area contributed by atoms with Gasteiger partial charge < -0.3 is 5.32 Å². The molecule has 0 radical (unpaired) electrons. The van der Waals surface area contributed by atoms with Crippen molar-refractivity contribution in [3.05, 3.63) is 50.4 Å². The first-order valence-corrected chi connectivity index (χ1v) is 7.51. The molecule has 0 spiro atoms. The zero-order valence-corrected chi connectivity index (χ0v) is 13.8. The van der Waals surface area contributed by atoms with Crippen molar-refractivity contribution >= 4 is 31.9 Å². The summed E-state index contributed by atoms with van der Waals surface area (Å²) in [4.78, 5) is 0. The summed E-state index contributed by atoms with van der Waals surface area (Å²) < 4.78 is 17.4. The van der Waals surface area contributed by atoms with Gasteiger partial charge in [-0.2, -0.15) is 5.10 Å². The molecule has 0 aliphatic heterocycles. The van der Waals surface area contributed by atoms with Gasteiger partial charge in [0.15, 0.2) is 0 Å². The molecule has 0 amide bonds. The van der Waals surface area contributed by atoms with Crippen LogP contribution in [0.2, 0.25) is 0 Å². The molecule has 0 saturated heterocycles. The minimum absolute atomic E-state index is 0.252. The molecule has 1 aromatic carbocycles. The van der Waals surface area contributed by atoms with Crippen molar-refractivity contribution in [1.82, 2.24) is 15.1 Å². The Morgan fingerprint density at radius 1 is 1.37 bits per heavy atom. The third-order valence-corrected chi connectivity index (χ3v) is 4.21. The number of rotatable bonds is 4. The van der Waals surface area contributed by atoms with Crippen LogP contribution in [0.4, 0.5) is 4.39 Å². The van der Waals surface area contributed by atoms with Crippen LogP contribution in [0.5, 0.6) is 0 Å². The molecule has 0 saturated carbocycles. The maximum Gasteiger partial charge on any atom is 0.142 e. The Hall–Kier alpha value is -0.720. The molecule has 1 N–H and O–H groups in total. The van der Waals surface area contributed by atoms with E-state index in [9.17, 15) is 4.39 Å². The number of benzene rings is 1. The van der Waals surface area contributed by atoms with Crippen LogP contribution in [-0.2, 0) is 6.54 Å². The second kappa shape index (κ2) is 6.15. The van der Waals surface area contributed by atoms with E-state index in [4.69, 9.17) is 0 Å². The molecule has 0 aliphatic rings. The van der Waals surface area contributed by atoms with Crippen molar-refractivity contribution in [2.75, 3.05) is 7.05 Å². The summed E-state index contributed by atoms with van der Waals surface area (Å²) in [5.41, 5.74) is 1.51. The third kappa shape index (κ3) is 2.75. The van der Waals surface area contributed by atoms with Crippen molar-refractivity contribution in [1.29, 1.82) is 0 Å². The lowest BCUT2D eigenvalue weighted by Gasteiger charge is -2.19. The Balaban J connectivity index is 2.56. The zero-order valence-electron chi connectivity index (χ0n) is 10.6. The number of halogens is 3. The van der Waals surface area contributed by atoms with E-state index in [0.29, 0.717) is 10.0 Å². The summed E-state index contributed by atoms with van der Waals surface area (Å²) in [5, 5.41) is 7.43. The predicted octanol–water partition coefficient (Wildman–Crippen LogP) is 3.88. The van der Waals surface area contributed by atoms with Crippen LogP contribution in [0.3, 0.4) is 0 Å². The summed E-state index contributed by atoms with van der Waals surface area (Å²) in [6.45, 7) is 2.74. The van der Waals surface area contributed by atoms with Gasteiger partial charge in [0.1, 0.15) is 5.82 Å². The number of hydrogen-bond acceptors (Lipinski definition) is 2. The SMILES string of the molecule is CCn1ncc(Br)c1C(NC)c1cccc(Br)c1F. The van der Waals surface area contributed by atoms with Crippen molar-refractivity contribution in [3.8, 4) is 0 Å². The van der Waals surface area contributed by atoms with E-state index in [-0.39, 0.29) is 11.9 Å². The Morgan fingerprint density at radius 3 is 2.74 bits per heavy atom. The van der Waals surface area contributed by atoms with E-state index < -0.39 is 0 Å². The van der Waals surface area contributed by atoms with Crippen LogP contribution in [0.1, 0.15) is 24.2 Å². The van der Waals surface area contributed by atoms with Gasteiger partial charge in [0.25, 0.3) is 0 Å². The standard InChI is InChI=1S/C13H14Br2FN3/c1-3-19-13(10(15)7-18-19)12(17-2)8-5-4-6-9(14)11(8)16/h4-7,12,17H,3H2,1-2H3. The van der Waals surface area contributed by atoms with Crippen molar-refractivity contribution in [2.24, 2.45) is 0 Å². The highest BCUT2D eigenvalue weighted by molar-refractivity contribution is 9.10. The van der Waals surface area contributed by atoms with Crippen LogP contribution in [0, 0.1) is 5.82 Å². The van der Waals surface area contributed by atoms with Crippen LogP contribution >= 0.6 is 31.9 Å². The van der Waals surface area contributed by atoms with E-state index in [2.05, 4.69) is 42.3 Å². The van der Waals surface area contributed by atoms with Crippen molar-refractivity contribution in [3.63, 3.8) is 0 Å². The monoisotopic (exact) mass is 389 g/mol. The lowest BCUT2D eigenvalue weighted by atomic mass is 10.0. The number of aryl methyl sites for hydroxylation is 1. The van der Waals surface area contributed by atoms with E-state index in [0.717, 1.165) is 16.7 Å². The highest BCUT2D eigenvalue weighted by Gasteiger charge is 2.23. The Morgan fingerprint density at radius 2 is 2.11 bits per heavy atom. The third-order valence-electron chi connectivity index (χ3n) is 2.99. The molecule has 6 heteroatoms. The van der Waals surface area contributed by atoms with Crippen molar-refractivity contribution in [2.45, 2.75) is 19.5 Å². The maximum atomic E-state index is 14.3. The van der Waals surface area contributed by atoms with E-state index in [1.165, 1.54) is 0 Å². The van der Waals surface area contributed by atoms with Gasteiger partial charge in [0.05, 0.1) is 26.9 Å². The first-order valence-electron chi connectivity index (χ1n) is 5.92. The highest BCUT2D eigenvalue weighted by Crippen LogP contribution is 2.32. The lowest BCUT2D eigenvalue weighted by Crippen LogP contribution is -2.23. The van der Waals surface area contributed by atoms with Crippen LogP contribution < -0.4 is 5.32 Å². The molecular weight excluding hydrogens is 377 g/mol. The minimum atomic E-state index is -0.255. The molecule has 3 nitrogen and oxygen atoms in total. The Labute approximate surface area is 128 Å². The van der Waals surface area contributed by atoms with Gasteiger partial charge in [0, 0.05) is 12.1 Å². The van der Waals surface area contributed by atoms with Gasteiger partial charge in [-0.15, -0.1) is 0 Å². The predicted molar refractivity (Wildman–Crippen MR) is 80.6 cm³/mol. The second-order valence-electron chi connectivity index (χ2n) is 4.06. The lowest BCUT2D eigenvalue weighted by molar-refractivity contribution is 0.529. The van der Waals surface area contributed by atoms with Gasteiger partial charge in [0.2, 0.25) is 0 Å². The molecule has 0 bridgehead atoms. The molecule has 1 unspecified atom stereocenters. The smallest absolute Gasteiger partial charge is 0.142 e. The van der Waals surface area contributed by atoms with E-state index in [1.807, 2.05) is 24.7 Å². The van der Waals surface area contributed by atoms with Crippen molar-refractivity contribution < 1.29 is 4.39 Å². The Kier molecular flexibility index (Phi) is 4.76. The molecule has 0 aliphatic carbocycles. The normalized spacial score (nSPS) is 12.7. The number of nitrogens with zero attached hydrogens (tertiary/aromatic N) is 2. The highest BCUT2D eigenvalue weighted by atomic mass is 79.9. The summed E-state index contributed by atoms with van der Waals surface area (Å²) in [6, 6.07) is 5.04. The van der Waals surface area contributed by atoms with E-state index in [1.54, 1.807) is 18.3 Å². The molecule has 19 heavy (non-hydrogen) atoms. The quantitative estimate of drug-likeness (QED) is 0.858. The summed E-state index contributed by atoms with van der Waals surface area (Å²) in [6.07, 6.45) is 1.74. The fourth-order valence-corrected chi connectivity index (χ4v) is 3.00. The first-order chi connectivity index (χ1) is 9.10. The van der Waals surface area contributed by atoms with Gasteiger partial charge in [-0.1, -0.05) is 12.1 Å². The second-order valence-corrected chi connectivity index (χ2v) is 5.77.